The molecule has 1 aromatic carbocycles. The smallest absolute Gasteiger partial charge is 0.193 e. The molecular weight excluding hydrogens is 463 g/mol. The Morgan fingerprint density at radius 1 is 1.21 bits per heavy atom. The van der Waals surface area contributed by atoms with Crippen molar-refractivity contribution in [2.75, 3.05) is 51.3 Å². The summed E-state index contributed by atoms with van der Waals surface area (Å²) >= 11 is 0. The fourth-order valence-corrected chi connectivity index (χ4v) is 3.92. The van der Waals surface area contributed by atoms with Gasteiger partial charge in [0, 0.05) is 51.4 Å². The first-order chi connectivity index (χ1) is 13.2. The van der Waals surface area contributed by atoms with Gasteiger partial charge in [0.2, 0.25) is 0 Å². The number of anilines is 1. The lowest BCUT2D eigenvalue weighted by atomic mass is 9.99. The van der Waals surface area contributed by atoms with Crippen LogP contribution in [-0.4, -0.2) is 57.3 Å². The van der Waals surface area contributed by atoms with E-state index in [4.69, 9.17) is 9.73 Å². The van der Waals surface area contributed by atoms with E-state index in [1.807, 2.05) is 0 Å². The molecule has 0 bridgehead atoms. The lowest BCUT2D eigenvalue weighted by molar-refractivity contribution is 0.181. The van der Waals surface area contributed by atoms with E-state index in [0.29, 0.717) is 12.5 Å². The summed E-state index contributed by atoms with van der Waals surface area (Å²) in [6, 6.07) is 8.97. The number of halogens is 1. The molecule has 5 nitrogen and oxygen atoms in total. The van der Waals surface area contributed by atoms with E-state index in [2.05, 4.69) is 60.3 Å². The number of hydrogen-bond donors (Lipinski definition) is 1. The van der Waals surface area contributed by atoms with Crippen LogP contribution < -0.4 is 10.2 Å². The maximum absolute atomic E-state index is 5.50. The number of ether oxygens (including phenoxy) is 1. The van der Waals surface area contributed by atoms with E-state index in [-0.39, 0.29) is 24.0 Å². The van der Waals surface area contributed by atoms with Gasteiger partial charge < -0.3 is 19.9 Å². The number of nitrogens with one attached hydrogen (secondary N) is 1. The van der Waals surface area contributed by atoms with Crippen molar-refractivity contribution in [3.8, 4) is 0 Å². The first-order valence-corrected chi connectivity index (χ1v) is 10.6. The highest BCUT2D eigenvalue weighted by atomic mass is 127. The average molecular weight is 500 g/mol. The van der Waals surface area contributed by atoms with Gasteiger partial charge in [0.05, 0.1) is 13.2 Å². The summed E-state index contributed by atoms with van der Waals surface area (Å²) < 4.78 is 5.50. The molecule has 2 saturated heterocycles. The minimum Gasteiger partial charge on any atom is -0.381 e. The summed E-state index contributed by atoms with van der Waals surface area (Å²) in [6.45, 7) is 11.2. The predicted octanol–water partition coefficient (Wildman–Crippen LogP) is 3.97. The molecule has 2 aliphatic heterocycles. The summed E-state index contributed by atoms with van der Waals surface area (Å²) in [4.78, 5) is 9.61. The molecule has 1 atom stereocenters. The Morgan fingerprint density at radius 2 is 1.93 bits per heavy atom. The molecule has 0 saturated carbocycles. The Bertz CT molecular complexity index is 593. The quantitative estimate of drug-likeness (QED) is 0.365. The molecule has 3 rings (SSSR count). The molecule has 0 amide bonds. The summed E-state index contributed by atoms with van der Waals surface area (Å²) in [6.07, 6.45) is 3.76. The second kappa shape index (κ2) is 11.9. The van der Waals surface area contributed by atoms with Gasteiger partial charge >= 0.3 is 0 Å². The number of piperidine rings is 1. The number of nitrogens with zero attached hydrogens (tertiary/aromatic N) is 3. The number of guanidine groups is 1. The third kappa shape index (κ3) is 6.79. The monoisotopic (exact) mass is 500 g/mol. The normalized spacial score (nSPS) is 20.8. The lowest BCUT2D eigenvalue weighted by Gasteiger charge is -2.32. The van der Waals surface area contributed by atoms with Gasteiger partial charge in [-0.1, -0.05) is 19.1 Å². The Hall–Kier alpha value is -1.02. The fraction of sp³-hybridized carbons (Fsp3) is 0.682. The van der Waals surface area contributed by atoms with Crippen LogP contribution in [0.15, 0.2) is 29.3 Å². The third-order valence-corrected chi connectivity index (χ3v) is 5.75. The van der Waals surface area contributed by atoms with Gasteiger partial charge in [-0.05, 0) is 49.8 Å². The minimum atomic E-state index is 0. The fourth-order valence-electron chi connectivity index (χ4n) is 3.92. The molecule has 0 aliphatic carbocycles. The van der Waals surface area contributed by atoms with Crippen LogP contribution in [0.4, 0.5) is 5.69 Å². The molecule has 0 radical (unpaired) electrons. The third-order valence-electron chi connectivity index (χ3n) is 5.75. The molecule has 1 unspecified atom stereocenters. The Kier molecular flexibility index (Phi) is 9.85. The van der Waals surface area contributed by atoms with Crippen LogP contribution in [0.25, 0.3) is 0 Å². The van der Waals surface area contributed by atoms with Crippen molar-refractivity contribution in [3.05, 3.63) is 29.8 Å². The maximum atomic E-state index is 5.50. The molecule has 2 heterocycles. The van der Waals surface area contributed by atoms with E-state index < -0.39 is 0 Å². The highest BCUT2D eigenvalue weighted by Gasteiger charge is 2.19. The maximum Gasteiger partial charge on any atom is 0.193 e. The first-order valence-electron chi connectivity index (χ1n) is 10.6. The Balaban J connectivity index is 0.00000280. The molecule has 0 aromatic heterocycles. The van der Waals surface area contributed by atoms with Crippen LogP contribution in [-0.2, 0) is 11.3 Å². The SMILES string of the molecule is CCNC(=NCc1ccc(N2CCC(C)CC2)cc1)N(C)CC1CCOC1.I. The van der Waals surface area contributed by atoms with Crippen LogP contribution in [0, 0.1) is 11.8 Å². The number of aliphatic imine (C=N–C) groups is 1. The van der Waals surface area contributed by atoms with E-state index >= 15 is 0 Å². The lowest BCUT2D eigenvalue weighted by Crippen LogP contribution is -2.41. The topological polar surface area (TPSA) is 40.1 Å². The zero-order valence-corrected chi connectivity index (χ0v) is 20.0. The zero-order valence-electron chi connectivity index (χ0n) is 17.7. The molecular formula is C22H37IN4O. The van der Waals surface area contributed by atoms with Crippen LogP contribution in [0.3, 0.4) is 0 Å². The molecule has 28 heavy (non-hydrogen) atoms. The van der Waals surface area contributed by atoms with Gasteiger partial charge in [-0.2, -0.15) is 0 Å². The van der Waals surface area contributed by atoms with Crippen molar-refractivity contribution >= 4 is 35.6 Å². The summed E-state index contributed by atoms with van der Waals surface area (Å²) in [7, 11) is 2.13. The van der Waals surface area contributed by atoms with Gasteiger partial charge in [0.25, 0.3) is 0 Å². The van der Waals surface area contributed by atoms with E-state index in [0.717, 1.165) is 44.6 Å². The van der Waals surface area contributed by atoms with Crippen LogP contribution in [0.5, 0.6) is 0 Å². The highest BCUT2D eigenvalue weighted by molar-refractivity contribution is 14.0. The zero-order chi connectivity index (χ0) is 19.1. The van der Waals surface area contributed by atoms with Crippen molar-refractivity contribution in [2.45, 2.75) is 39.7 Å². The van der Waals surface area contributed by atoms with Crippen molar-refractivity contribution in [3.63, 3.8) is 0 Å². The largest absolute Gasteiger partial charge is 0.381 e. The molecule has 0 spiro atoms. The van der Waals surface area contributed by atoms with Gasteiger partial charge in [-0.25, -0.2) is 4.99 Å². The minimum absolute atomic E-state index is 0. The molecule has 6 heteroatoms. The molecule has 2 aliphatic rings. The molecule has 1 N–H and O–H groups in total. The van der Waals surface area contributed by atoms with Crippen LogP contribution >= 0.6 is 24.0 Å². The standard InChI is InChI=1S/C22H36N4O.HI/c1-4-23-22(25(3)16-20-11-14-27-17-20)24-15-19-5-7-21(8-6-19)26-12-9-18(2)10-13-26;/h5-8,18,20H,4,9-17H2,1-3H3,(H,23,24);1H. The number of rotatable bonds is 6. The predicted molar refractivity (Wildman–Crippen MR) is 129 cm³/mol. The Morgan fingerprint density at radius 3 is 2.54 bits per heavy atom. The molecule has 2 fully saturated rings. The van der Waals surface area contributed by atoms with Crippen molar-refractivity contribution < 1.29 is 4.74 Å². The second-order valence-corrected chi connectivity index (χ2v) is 8.12. The second-order valence-electron chi connectivity index (χ2n) is 8.12. The van der Waals surface area contributed by atoms with Gasteiger partial charge in [-0.3, -0.25) is 0 Å². The average Bonchev–Trinajstić information content (AvgIpc) is 3.19. The van der Waals surface area contributed by atoms with Crippen LogP contribution in [0.1, 0.15) is 38.7 Å². The van der Waals surface area contributed by atoms with Gasteiger partial charge in [0.1, 0.15) is 0 Å². The summed E-state index contributed by atoms with van der Waals surface area (Å²) in [5.41, 5.74) is 2.61. The molecule has 158 valence electrons. The van der Waals surface area contributed by atoms with E-state index in [1.54, 1.807) is 0 Å². The van der Waals surface area contributed by atoms with E-state index in [1.165, 1.54) is 37.2 Å². The van der Waals surface area contributed by atoms with Gasteiger partial charge in [0.15, 0.2) is 5.96 Å². The van der Waals surface area contributed by atoms with Crippen LogP contribution in [0.2, 0.25) is 0 Å². The highest BCUT2D eigenvalue weighted by Crippen LogP contribution is 2.23. The first kappa shape index (κ1) is 23.3. The summed E-state index contributed by atoms with van der Waals surface area (Å²) in [5.74, 6) is 2.47. The van der Waals surface area contributed by atoms with Crippen molar-refractivity contribution in [2.24, 2.45) is 16.8 Å². The molecule has 1 aromatic rings. The van der Waals surface area contributed by atoms with Crippen molar-refractivity contribution in [1.82, 2.24) is 10.2 Å². The Labute approximate surface area is 187 Å². The number of hydrogen-bond acceptors (Lipinski definition) is 3. The summed E-state index contributed by atoms with van der Waals surface area (Å²) in [5, 5.41) is 3.42. The number of benzene rings is 1. The van der Waals surface area contributed by atoms with E-state index in [9.17, 15) is 0 Å². The van der Waals surface area contributed by atoms with Crippen molar-refractivity contribution in [1.29, 1.82) is 0 Å². The van der Waals surface area contributed by atoms with Gasteiger partial charge in [-0.15, -0.1) is 24.0 Å².